The fourth-order valence-corrected chi connectivity index (χ4v) is 2.88. The number of ether oxygens (including phenoxy) is 2. The lowest BCUT2D eigenvalue weighted by Gasteiger charge is -2.12. The van der Waals surface area contributed by atoms with Gasteiger partial charge in [-0.1, -0.05) is 35.9 Å². The average Bonchev–Trinajstić information content (AvgIpc) is 2.74. The van der Waals surface area contributed by atoms with Crippen LogP contribution >= 0.6 is 11.6 Å². The van der Waals surface area contributed by atoms with Gasteiger partial charge in [0.05, 0.1) is 18.4 Å². The standard InChI is InChI=1S/C23H21ClN2O4/c1-2-29-22-13-16(14-25-26-23(28)19-8-3-4-9-20(19)27)10-11-21(22)30-15-17-6-5-7-18(24)12-17/h3-14,27H,2,15H2,1H3,(H,26,28)/b25-14-. The molecule has 0 saturated carbocycles. The Bertz CT molecular complexity index is 1050. The number of benzene rings is 3. The minimum Gasteiger partial charge on any atom is -0.507 e. The molecule has 3 aromatic rings. The summed E-state index contributed by atoms with van der Waals surface area (Å²) in [5.74, 6) is 0.545. The molecule has 2 N–H and O–H groups in total. The van der Waals surface area contributed by atoms with Crippen molar-refractivity contribution in [1.82, 2.24) is 5.43 Å². The van der Waals surface area contributed by atoms with Crippen LogP contribution < -0.4 is 14.9 Å². The fraction of sp³-hybridized carbons (Fsp3) is 0.130. The van der Waals surface area contributed by atoms with Crippen molar-refractivity contribution in [2.45, 2.75) is 13.5 Å². The van der Waals surface area contributed by atoms with E-state index >= 15 is 0 Å². The van der Waals surface area contributed by atoms with E-state index < -0.39 is 5.91 Å². The fourth-order valence-electron chi connectivity index (χ4n) is 2.67. The predicted molar refractivity (Wildman–Crippen MR) is 117 cm³/mol. The van der Waals surface area contributed by atoms with E-state index in [2.05, 4.69) is 10.5 Å². The Morgan fingerprint density at radius 1 is 1.07 bits per heavy atom. The lowest BCUT2D eigenvalue weighted by molar-refractivity contribution is 0.0952. The maximum Gasteiger partial charge on any atom is 0.275 e. The predicted octanol–water partition coefficient (Wildman–Crippen LogP) is 4.79. The number of aromatic hydroxyl groups is 1. The number of rotatable bonds is 8. The van der Waals surface area contributed by atoms with Gasteiger partial charge in [0.25, 0.3) is 5.91 Å². The van der Waals surface area contributed by atoms with Crippen LogP contribution in [0.15, 0.2) is 71.8 Å². The molecule has 0 atom stereocenters. The van der Waals surface area contributed by atoms with Gasteiger partial charge in [0.1, 0.15) is 12.4 Å². The van der Waals surface area contributed by atoms with Crippen LogP contribution in [0.4, 0.5) is 0 Å². The minimum atomic E-state index is -0.504. The highest BCUT2D eigenvalue weighted by atomic mass is 35.5. The Morgan fingerprint density at radius 3 is 2.67 bits per heavy atom. The number of hydrogen-bond acceptors (Lipinski definition) is 5. The highest BCUT2D eigenvalue weighted by Crippen LogP contribution is 2.29. The number of hydrazone groups is 1. The normalized spacial score (nSPS) is 10.7. The lowest BCUT2D eigenvalue weighted by atomic mass is 10.2. The molecular weight excluding hydrogens is 404 g/mol. The molecule has 6 nitrogen and oxygen atoms in total. The lowest BCUT2D eigenvalue weighted by Crippen LogP contribution is -2.17. The Hall–Kier alpha value is -3.51. The Kier molecular flexibility index (Phi) is 7.29. The first-order valence-corrected chi connectivity index (χ1v) is 9.70. The number of hydrogen-bond donors (Lipinski definition) is 2. The van der Waals surface area contributed by atoms with Crippen LogP contribution in [-0.4, -0.2) is 23.8 Å². The van der Waals surface area contributed by atoms with E-state index in [1.165, 1.54) is 18.3 Å². The second-order valence-electron chi connectivity index (χ2n) is 6.27. The summed E-state index contributed by atoms with van der Waals surface area (Å²) >= 11 is 6.01. The zero-order valence-corrected chi connectivity index (χ0v) is 17.1. The molecule has 1 amide bonds. The largest absolute Gasteiger partial charge is 0.507 e. The molecule has 0 spiro atoms. The second kappa shape index (κ2) is 10.3. The van der Waals surface area contributed by atoms with Gasteiger partial charge in [-0.15, -0.1) is 0 Å². The van der Waals surface area contributed by atoms with Crippen molar-refractivity contribution in [3.63, 3.8) is 0 Å². The van der Waals surface area contributed by atoms with Gasteiger partial charge in [-0.05, 0) is 60.5 Å². The summed E-state index contributed by atoms with van der Waals surface area (Å²) in [6.07, 6.45) is 1.49. The number of nitrogens with one attached hydrogen (secondary N) is 1. The van der Waals surface area contributed by atoms with Crippen molar-refractivity contribution in [2.75, 3.05) is 6.61 Å². The van der Waals surface area contributed by atoms with Crippen LogP contribution in [0.5, 0.6) is 17.2 Å². The van der Waals surface area contributed by atoms with Crippen LogP contribution in [0.1, 0.15) is 28.4 Å². The number of carbonyl (C=O) groups is 1. The molecule has 3 rings (SSSR count). The van der Waals surface area contributed by atoms with E-state index in [0.29, 0.717) is 35.3 Å². The SMILES string of the molecule is CCOc1cc(/C=N\NC(=O)c2ccccc2O)ccc1OCc1cccc(Cl)c1. The van der Waals surface area contributed by atoms with Gasteiger partial charge >= 0.3 is 0 Å². The van der Waals surface area contributed by atoms with Crippen molar-refractivity contribution in [3.8, 4) is 17.2 Å². The molecule has 0 unspecified atom stereocenters. The van der Waals surface area contributed by atoms with Crippen molar-refractivity contribution in [3.05, 3.63) is 88.4 Å². The van der Waals surface area contributed by atoms with E-state index in [-0.39, 0.29) is 11.3 Å². The third kappa shape index (κ3) is 5.75. The first-order valence-electron chi connectivity index (χ1n) is 9.32. The molecular formula is C23H21ClN2O4. The van der Waals surface area contributed by atoms with E-state index in [9.17, 15) is 9.90 Å². The third-order valence-electron chi connectivity index (χ3n) is 4.08. The molecule has 0 aliphatic rings. The maximum atomic E-state index is 12.1. The van der Waals surface area contributed by atoms with Crippen molar-refractivity contribution in [1.29, 1.82) is 0 Å². The molecule has 154 valence electrons. The molecule has 0 fully saturated rings. The van der Waals surface area contributed by atoms with Gasteiger partial charge in [0, 0.05) is 5.02 Å². The summed E-state index contributed by atoms with van der Waals surface area (Å²) in [5, 5.41) is 14.3. The molecule has 3 aromatic carbocycles. The molecule has 0 aromatic heterocycles. The highest BCUT2D eigenvalue weighted by Gasteiger charge is 2.09. The number of phenolic OH excluding ortho intramolecular Hbond substituents is 1. The van der Waals surface area contributed by atoms with Crippen molar-refractivity contribution < 1.29 is 19.4 Å². The number of halogens is 1. The summed E-state index contributed by atoms with van der Waals surface area (Å²) in [6, 6.07) is 19.1. The van der Waals surface area contributed by atoms with Crippen LogP contribution in [0, 0.1) is 0 Å². The molecule has 0 saturated heterocycles. The Balaban J connectivity index is 1.67. The number of carbonyl (C=O) groups excluding carboxylic acids is 1. The quantitative estimate of drug-likeness (QED) is 0.402. The van der Waals surface area contributed by atoms with Crippen LogP contribution in [-0.2, 0) is 6.61 Å². The van der Waals surface area contributed by atoms with Gasteiger partial charge in [-0.3, -0.25) is 4.79 Å². The van der Waals surface area contributed by atoms with Gasteiger partial charge < -0.3 is 14.6 Å². The summed E-state index contributed by atoms with van der Waals surface area (Å²) in [5.41, 5.74) is 4.20. The molecule has 0 bridgehead atoms. The maximum absolute atomic E-state index is 12.1. The summed E-state index contributed by atoms with van der Waals surface area (Å²) < 4.78 is 11.5. The Morgan fingerprint density at radius 2 is 1.90 bits per heavy atom. The first kappa shape index (κ1) is 21.2. The van der Waals surface area contributed by atoms with E-state index in [1.807, 2.05) is 31.2 Å². The summed E-state index contributed by atoms with van der Waals surface area (Å²) in [4.78, 5) is 12.1. The number of nitrogens with zero attached hydrogens (tertiary/aromatic N) is 1. The van der Waals surface area contributed by atoms with E-state index in [4.69, 9.17) is 21.1 Å². The van der Waals surface area contributed by atoms with Crippen molar-refractivity contribution in [2.24, 2.45) is 5.10 Å². The monoisotopic (exact) mass is 424 g/mol. The minimum absolute atomic E-state index is 0.106. The molecule has 0 aliphatic carbocycles. The zero-order valence-electron chi connectivity index (χ0n) is 16.3. The zero-order chi connectivity index (χ0) is 21.3. The van der Waals surface area contributed by atoms with Gasteiger partial charge in [-0.25, -0.2) is 5.43 Å². The van der Waals surface area contributed by atoms with Crippen LogP contribution in [0.3, 0.4) is 0 Å². The number of para-hydroxylation sites is 1. The van der Waals surface area contributed by atoms with Gasteiger partial charge in [0.15, 0.2) is 11.5 Å². The van der Waals surface area contributed by atoms with Gasteiger partial charge in [-0.2, -0.15) is 5.10 Å². The summed E-state index contributed by atoms with van der Waals surface area (Å²) in [6.45, 7) is 2.71. The van der Waals surface area contributed by atoms with E-state index in [1.54, 1.807) is 30.3 Å². The average molecular weight is 425 g/mol. The molecule has 0 aliphatic heterocycles. The molecule has 0 heterocycles. The molecule has 30 heavy (non-hydrogen) atoms. The Labute approximate surface area is 179 Å². The van der Waals surface area contributed by atoms with E-state index in [0.717, 1.165) is 5.56 Å². The van der Waals surface area contributed by atoms with Crippen molar-refractivity contribution >= 4 is 23.7 Å². The van der Waals surface area contributed by atoms with Gasteiger partial charge in [0.2, 0.25) is 0 Å². The second-order valence-corrected chi connectivity index (χ2v) is 6.71. The van der Waals surface area contributed by atoms with Crippen LogP contribution in [0.2, 0.25) is 5.02 Å². The van der Waals surface area contributed by atoms with Crippen LogP contribution in [0.25, 0.3) is 0 Å². The molecule has 7 heteroatoms. The topological polar surface area (TPSA) is 80.2 Å². The number of amides is 1. The third-order valence-corrected chi connectivity index (χ3v) is 4.31. The first-order chi connectivity index (χ1) is 14.6. The summed E-state index contributed by atoms with van der Waals surface area (Å²) in [7, 11) is 0. The molecule has 0 radical (unpaired) electrons. The number of phenols is 1. The highest BCUT2D eigenvalue weighted by molar-refractivity contribution is 6.30. The smallest absolute Gasteiger partial charge is 0.275 e.